The Kier molecular flexibility index (Phi) is 4.81. The Morgan fingerprint density at radius 2 is 2.00 bits per heavy atom. The molecule has 1 N–H and O–H groups in total. The molecule has 2 aliphatic rings. The first-order valence-corrected chi connectivity index (χ1v) is 9.73. The Hall–Kier alpha value is -2.16. The van der Waals surface area contributed by atoms with Crippen LogP contribution >= 0.6 is 12.2 Å². The maximum Gasteiger partial charge on any atom is 0.416 e. The predicted octanol–water partition coefficient (Wildman–Crippen LogP) is 4.01. The Balaban J connectivity index is 1.41. The zero-order valence-corrected chi connectivity index (χ0v) is 16.2. The molecule has 3 unspecified atom stereocenters. The number of hydrogen-bond acceptors (Lipinski definition) is 3. The van der Waals surface area contributed by atoms with Gasteiger partial charge in [0.25, 0.3) is 0 Å². The number of amides is 1. The molecule has 0 bridgehead atoms. The summed E-state index contributed by atoms with van der Waals surface area (Å²) in [5.41, 5.74) is 0.140. The van der Waals surface area contributed by atoms with Crippen LogP contribution in [0.2, 0.25) is 0 Å². The summed E-state index contributed by atoms with van der Waals surface area (Å²) < 4.78 is 40.5. The highest BCUT2D eigenvalue weighted by Crippen LogP contribution is 2.49. The molecule has 1 saturated carbocycles. The van der Waals surface area contributed by atoms with Gasteiger partial charge in [-0.3, -0.25) is 9.89 Å². The van der Waals surface area contributed by atoms with E-state index in [1.807, 2.05) is 16.5 Å². The van der Waals surface area contributed by atoms with Crippen LogP contribution in [0.5, 0.6) is 0 Å². The molecule has 1 aromatic carbocycles. The summed E-state index contributed by atoms with van der Waals surface area (Å²) >= 11 is 5.17. The second-order valence-corrected chi connectivity index (χ2v) is 8.02. The number of benzene rings is 1. The summed E-state index contributed by atoms with van der Waals surface area (Å²) in [5, 5.41) is 7.09. The van der Waals surface area contributed by atoms with Crippen LogP contribution in [0.25, 0.3) is 0 Å². The Labute approximate surface area is 165 Å². The monoisotopic (exact) mass is 410 g/mol. The van der Waals surface area contributed by atoms with Crippen LogP contribution in [0.3, 0.4) is 0 Å². The Bertz CT molecular complexity index is 934. The predicted molar refractivity (Wildman–Crippen MR) is 99.2 cm³/mol. The second kappa shape index (κ2) is 7.02. The molecule has 2 heterocycles. The standard InChI is InChI=1S/C19H21F3N4OS/c1-25-16(23-24-18(25)28)12-3-2-8-26(10-12)17(27)15-9-14(15)11-4-6-13(7-5-11)19(20,21)22/h4-7,12,14-15H,2-3,8-10H2,1H3,(H,24,28). The minimum absolute atomic E-state index is 0.0101. The van der Waals surface area contributed by atoms with Gasteiger partial charge in [-0.15, -0.1) is 0 Å². The van der Waals surface area contributed by atoms with Crippen molar-refractivity contribution in [1.29, 1.82) is 0 Å². The molecule has 1 aliphatic carbocycles. The van der Waals surface area contributed by atoms with Gasteiger partial charge in [-0.1, -0.05) is 12.1 Å². The number of H-pyrrole nitrogens is 1. The third-order valence-electron chi connectivity index (χ3n) is 5.79. The number of aromatic amines is 1. The van der Waals surface area contributed by atoms with E-state index in [0.29, 0.717) is 24.3 Å². The Morgan fingerprint density at radius 1 is 1.29 bits per heavy atom. The van der Waals surface area contributed by atoms with Crippen molar-refractivity contribution in [3.05, 3.63) is 46.0 Å². The molecular weight excluding hydrogens is 389 g/mol. The van der Waals surface area contributed by atoms with Crippen LogP contribution in [0.4, 0.5) is 13.2 Å². The smallest absolute Gasteiger partial charge is 0.342 e. The van der Waals surface area contributed by atoms with Gasteiger partial charge in [0.1, 0.15) is 5.82 Å². The third kappa shape index (κ3) is 3.59. The molecule has 1 aliphatic heterocycles. The minimum Gasteiger partial charge on any atom is -0.342 e. The van der Waals surface area contributed by atoms with E-state index in [0.717, 1.165) is 36.4 Å². The van der Waals surface area contributed by atoms with Gasteiger partial charge in [-0.2, -0.15) is 18.3 Å². The van der Waals surface area contributed by atoms with Crippen LogP contribution in [0.15, 0.2) is 24.3 Å². The van der Waals surface area contributed by atoms with Crippen molar-refractivity contribution in [1.82, 2.24) is 19.7 Å². The SMILES string of the molecule is Cn1c(C2CCCN(C(=O)C3CC3c3ccc(C(F)(F)F)cc3)C2)n[nH]c1=S. The quantitative estimate of drug-likeness (QED) is 0.778. The van der Waals surface area contributed by atoms with Crippen LogP contribution in [0.1, 0.15) is 48.0 Å². The van der Waals surface area contributed by atoms with Gasteiger partial charge in [-0.05, 0) is 55.1 Å². The third-order valence-corrected chi connectivity index (χ3v) is 6.15. The topological polar surface area (TPSA) is 53.9 Å². The largest absolute Gasteiger partial charge is 0.416 e. The molecule has 5 nitrogen and oxygen atoms in total. The van der Waals surface area contributed by atoms with E-state index in [1.54, 1.807) is 0 Å². The molecule has 2 fully saturated rings. The van der Waals surface area contributed by atoms with E-state index in [4.69, 9.17) is 12.2 Å². The first-order chi connectivity index (χ1) is 13.3. The lowest BCUT2D eigenvalue weighted by atomic mass is 9.96. The molecule has 1 aromatic heterocycles. The molecule has 1 amide bonds. The molecule has 3 atom stereocenters. The highest BCUT2D eigenvalue weighted by Gasteiger charge is 2.46. The second-order valence-electron chi connectivity index (χ2n) is 7.64. The van der Waals surface area contributed by atoms with Crippen LogP contribution in [-0.2, 0) is 18.0 Å². The highest BCUT2D eigenvalue weighted by molar-refractivity contribution is 7.71. The lowest BCUT2D eigenvalue weighted by Crippen LogP contribution is -2.40. The molecule has 9 heteroatoms. The lowest BCUT2D eigenvalue weighted by molar-refractivity contribution is -0.137. The number of hydrogen-bond donors (Lipinski definition) is 1. The van der Waals surface area contributed by atoms with Crippen LogP contribution in [0, 0.1) is 10.7 Å². The van der Waals surface area contributed by atoms with Crippen molar-refractivity contribution in [2.24, 2.45) is 13.0 Å². The van der Waals surface area contributed by atoms with Gasteiger partial charge in [-0.25, -0.2) is 0 Å². The fourth-order valence-electron chi connectivity index (χ4n) is 4.10. The number of nitrogens with one attached hydrogen (secondary N) is 1. The number of carbonyl (C=O) groups is 1. The number of likely N-dealkylation sites (tertiary alicyclic amines) is 1. The highest BCUT2D eigenvalue weighted by atomic mass is 32.1. The van der Waals surface area contributed by atoms with Gasteiger partial charge in [0.15, 0.2) is 4.77 Å². The van der Waals surface area contributed by atoms with Crippen molar-refractivity contribution >= 4 is 18.1 Å². The number of piperidine rings is 1. The van der Waals surface area contributed by atoms with Gasteiger partial charge >= 0.3 is 6.18 Å². The number of halogens is 3. The maximum atomic E-state index is 12.9. The summed E-state index contributed by atoms with van der Waals surface area (Å²) in [5.74, 6) is 0.955. The number of carbonyl (C=O) groups excluding carboxylic acids is 1. The first kappa shape index (κ1) is 19.2. The molecular formula is C19H21F3N4OS. The molecule has 0 spiro atoms. The average Bonchev–Trinajstić information content (AvgIpc) is 3.41. The van der Waals surface area contributed by atoms with E-state index in [9.17, 15) is 18.0 Å². The van der Waals surface area contributed by atoms with Crippen molar-refractivity contribution < 1.29 is 18.0 Å². The van der Waals surface area contributed by atoms with E-state index in [1.165, 1.54) is 12.1 Å². The number of rotatable bonds is 3. The van der Waals surface area contributed by atoms with Crippen molar-refractivity contribution in [2.75, 3.05) is 13.1 Å². The van der Waals surface area contributed by atoms with Crippen molar-refractivity contribution in [3.63, 3.8) is 0 Å². The molecule has 1 saturated heterocycles. The zero-order valence-electron chi connectivity index (χ0n) is 15.4. The molecule has 4 rings (SSSR count). The Morgan fingerprint density at radius 3 is 2.61 bits per heavy atom. The lowest BCUT2D eigenvalue weighted by Gasteiger charge is -2.32. The fourth-order valence-corrected chi connectivity index (χ4v) is 4.24. The molecule has 28 heavy (non-hydrogen) atoms. The van der Waals surface area contributed by atoms with E-state index in [-0.39, 0.29) is 23.7 Å². The van der Waals surface area contributed by atoms with Gasteiger partial charge in [0.05, 0.1) is 5.56 Å². The van der Waals surface area contributed by atoms with Crippen molar-refractivity contribution in [2.45, 2.75) is 37.3 Å². The fraction of sp³-hybridized carbons (Fsp3) is 0.526. The first-order valence-electron chi connectivity index (χ1n) is 9.33. The van der Waals surface area contributed by atoms with Gasteiger partial charge < -0.3 is 9.47 Å². The average molecular weight is 410 g/mol. The number of nitrogens with zero attached hydrogens (tertiary/aromatic N) is 3. The summed E-state index contributed by atoms with van der Waals surface area (Å²) in [7, 11) is 1.86. The van der Waals surface area contributed by atoms with Gasteiger partial charge in [0, 0.05) is 32.0 Å². The number of aromatic nitrogens is 3. The van der Waals surface area contributed by atoms with Crippen LogP contribution in [-0.4, -0.2) is 38.7 Å². The normalized spacial score (nSPS) is 25.0. The molecule has 150 valence electrons. The molecule has 0 radical (unpaired) electrons. The van der Waals surface area contributed by atoms with Crippen molar-refractivity contribution in [3.8, 4) is 0 Å². The summed E-state index contributed by atoms with van der Waals surface area (Å²) in [6.45, 7) is 1.31. The van der Waals surface area contributed by atoms with Gasteiger partial charge in [0.2, 0.25) is 5.91 Å². The molecule has 2 aromatic rings. The van der Waals surface area contributed by atoms with Crippen LogP contribution < -0.4 is 0 Å². The summed E-state index contributed by atoms with van der Waals surface area (Å²) in [4.78, 5) is 14.8. The van der Waals surface area contributed by atoms with E-state index >= 15 is 0 Å². The minimum atomic E-state index is -4.34. The van der Waals surface area contributed by atoms with E-state index < -0.39 is 11.7 Å². The maximum absolute atomic E-state index is 12.9. The summed E-state index contributed by atoms with van der Waals surface area (Å²) in [6.07, 6.45) is -1.80. The summed E-state index contributed by atoms with van der Waals surface area (Å²) in [6, 6.07) is 5.18. The van der Waals surface area contributed by atoms with E-state index in [2.05, 4.69) is 10.2 Å². The zero-order chi connectivity index (χ0) is 20.1. The number of alkyl halides is 3.